The van der Waals surface area contributed by atoms with Gasteiger partial charge in [-0.3, -0.25) is 0 Å². The van der Waals surface area contributed by atoms with Crippen LogP contribution in [-0.2, 0) is 0 Å². The van der Waals surface area contributed by atoms with E-state index in [0.717, 1.165) is 25.1 Å². The van der Waals surface area contributed by atoms with Crippen LogP contribution < -0.4 is 0 Å². The standard InChI is InChI=1S/C7H15ClO/c1-7(4-6-9)3-2-5-8/h7,9H,2-6H2,1H3/t7-/m0/s1. The molecule has 0 spiro atoms. The van der Waals surface area contributed by atoms with Crippen molar-refractivity contribution in [1.29, 1.82) is 0 Å². The van der Waals surface area contributed by atoms with Crippen molar-refractivity contribution in [1.82, 2.24) is 0 Å². The molecule has 0 aromatic carbocycles. The van der Waals surface area contributed by atoms with E-state index < -0.39 is 0 Å². The van der Waals surface area contributed by atoms with Gasteiger partial charge in [0.15, 0.2) is 0 Å². The first-order valence-electron chi connectivity index (χ1n) is 3.48. The number of alkyl halides is 1. The van der Waals surface area contributed by atoms with E-state index in [9.17, 15) is 0 Å². The molecular weight excluding hydrogens is 136 g/mol. The molecule has 0 bridgehead atoms. The zero-order valence-corrected chi connectivity index (χ0v) is 6.69. The Morgan fingerprint density at radius 2 is 2.11 bits per heavy atom. The van der Waals surface area contributed by atoms with E-state index in [-0.39, 0.29) is 0 Å². The Morgan fingerprint density at radius 3 is 2.56 bits per heavy atom. The van der Waals surface area contributed by atoms with Crippen molar-refractivity contribution in [2.45, 2.75) is 26.2 Å². The first kappa shape index (κ1) is 9.25. The van der Waals surface area contributed by atoms with E-state index in [2.05, 4.69) is 6.92 Å². The Kier molecular flexibility index (Phi) is 6.55. The Hall–Kier alpha value is 0.250. The average Bonchev–Trinajstić information content (AvgIpc) is 1.85. The molecule has 1 nitrogen and oxygen atoms in total. The van der Waals surface area contributed by atoms with Crippen LogP contribution in [0, 0.1) is 5.92 Å². The quantitative estimate of drug-likeness (QED) is 0.595. The minimum Gasteiger partial charge on any atom is -0.396 e. The second kappa shape index (κ2) is 6.37. The SMILES string of the molecule is C[C@H](CCO)CCCCl. The van der Waals surface area contributed by atoms with Crippen molar-refractivity contribution < 1.29 is 5.11 Å². The molecular formula is C7H15ClO. The summed E-state index contributed by atoms with van der Waals surface area (Å²) in [5.41, 5.74) is 0. The van der Waals surface area contributed by atoms with Gasteiger partial charge in [-0.15, -0.1) is 11.6 Å². The van der Waals surface area contributed by atoms with E-state index in [0.29, 0.717) is 12.5 Å². The van der Waals surface area contributed by atoms with Crippen LogP contribution >= 0.6 is 11.6 Å². The van der Waals surface area contributed by atoms with Gasteiger partial charge in [0.05, 0.1) is 0 Å². The molecule has 0 fully saturated rings. The highest BCUT2D eigenvalue weighted by Crippen LogP contribution is 2.09. The maximum absolute atomic E-state index is 8.50. The van der Waals surface area contributed by atoms with Crippen LogP contribution in [0.3, 0.4) is 0 Å². The minimum atomic E-state index is 0.309. The third kappa shape index (κ3) is 6.13. The molecule has 0 rings (SSSR count). The number of rotatable bonds is 5. The lowest BCUT2D eigenvalue weighted by Crippen LogP contribution is -1.97. The fraction of sp³-hybridized carbons (Fsp3) is 1.00. The lowest BCUT2D eigenvalue weighted by atomic mass is 10.0. The van der Waals surface area contributed by atoms with E-state index in [1.54, 1.807) is 0 Å². The van der Waals surface area contributed by atoms with Gasteiger partial charge in [0, 0.05) is 12.5 Å². The molecule has 0 aliphatic carbocycles. The smallest absolute Gasteiger partial charge is 0.0433 e. The van der Waals surface area contributed by atoms with Gasteiger partial charge in [-0.1, -0.05) is 6.92 Å². The van der Waals surface area contributed by atoms with Gasteiger partial charge in [0.1, 0.15) is 0 Å². The Labute approximate surface area is 62.0 Å². The molecule has 0 amide bonds. The van der Waals surface area contributed by atoms with Crippen LogP contribution in [-0.4, -0.2) is 17.6 Å². The summed E-state index contributed by atoms with van der Waals surface area (Å²) >= 11 is 5.48. The topological polar surface area (TPSA) is 20.2 Å². The number of hydrogen-bond acceptors (Lipinski definition) is 1. The zero-order valence-electron chi connectivity index (χ0n) is 5.94. The highest BCUT2D eigenvalue weighted by molar-refractivity contribution is 6.17. The molecule has 0 unspecified atom stereocenters. The summed E-state index contributed by atoms with van der Waals surface area (Å²) in [4.78, 5) is 0. The van der Waals surface area contributed by atoms with Crippen LogP contribution in [0.2, 0.25) is 0 Å². The van der Waals surface area contributed by atoms with Gasteiger partial charge < -0.3 is 5.11 Å². The lowest BCUT2D eigenvalue weighted by molar-refractivity contribution is 0.258. The maximum Gasteiger partial charge on any atom is 0.0433 e. The molecule has 0 aromatic rings. The van der Waals surface area contributed by atoms with E-state index in [1.165, 1.54) is 0 Å². The summed E-state index contributed by atoms with van der Waals surface area (Å²) in [5, 5.41) is 8.50. The van der Waals surface area contributed by atoms with Crippen LogP contribution in [0.1, 0.15) is 26.2 Å². The highest BCUT2D eigenvalue weighted by Gasteiger charge is 1.98. The molecule has 0 heterocycles. The van der Waals surface area contributed by atoms with Crippen LogP contribution in [0.25, 0.3) is 0 Å². The second-order valence-corrected chi connectivity index (χ2v) is 2.83. The van der Waals surface area contributed by atoms with E-state index in [1.807, 2.05) is 0 Å². The average molecular weight is 151 g/mol. The van der Waals surface area contributed by atoms with E-state index in [4.69, 9.17) is 16.7 Å². The first-order valence-corrected chi connectivity index (χ1v) is 4.01. The van der Waals surface area contributed by atoms with Crippen LogP contribution in [0.5, 0.6) is 0 Å². The molecule has 0 saturated heterocycles. The van der Waals surface area contributed by atoms with Crippen molar-refractivity contribution in [3.8, 4) is 0 Å². The first-order chi connectivity index (χ1) is 4.31. The highest BCUT2D eigenvalue weighted by atomic mass is 35.5. The van der Waals surface area contributed by atoms with E-state index >= 15 is 0 Å². The molecule has 2 heteroatoms. The molecule has 1 N–H and O–H groups in total. The molecule has 0 aliphatic heterocycles. The van der Waals surface area contributed by atoms with Crippen molar-refractivity contribution in [3.05, 3.63) is 0 Å². The fourth-order valence-electron chi connectivity index (χ4n) is 0.790. The largest absolute Gasteiger partial charge is 0.396 e. The van der Waals surface area contributed by atoms with Gasteiger partial charge in [-0.25, -0.2) is 0 Å². The third-order valence-corrected chi connectivity index (χ3v) is 1.72. The van der Waals surface area contributed by atoms with Crippen molar-refractivity contribution in [3.63, 3.8) is 0 Å². The summed E-state index contributed by atoms with van der Waals surface area (Å²) in [6.45, 7) is 2.45. The van der Waals surface area contributed by atoms with Gasteiger partial charge in [0.25, 0.3) is 0 Å². The maximum atomic E-state index is 8.50. The predicted molar refractivity (Wildman–Crippen MR) is 40.8 cm³/mol. The molecule has 0 aliphatic rings. The lowest BCUT2D eigenvalue weighted by Gasteiger charge is -2.06. The second-order valence-electron chi connectivity index (χ2n) is 2.45. The number of hydrogen-bond donors (Lipinski definition) is 1. The van der Waals surface area contributed by atoms with Gasteiger partial charge in [0.2, 0.25) is 0 Å². The monoisotopic (exact) mass is 150 g/mol. The Morgan fingerprint density at radius 1 is 1.44 bits per heavy atom. The van der Waals surface area contributed by atoms with Crippen molar-refractivity contribution in [2.75, 3.05) is 12.5 Å². The third-order valence-electron chi connectivity index (χ3n) is 1.45. The number of aliphatic hydroxyl groups excluding tert-OH is 1. The fourth-order valence-corrected chi connectivity index (χ4v) is 0.945. The van der Waals surface area contributed by atoms with Crippen molar-refractivity contribution >= 4 is 11.6 Å². The molecule has 9 heavy (non-hydrogen) atoms. The number of aliphatic hydroxyl groups is 1. The Balaban J connectivity index is 2.95. The summed E-state index contributed by atoms with van der Waals surface area (Å²) in [7, 11) is 0. The summed E-state index contributed by atoms with van der Waals surface area (Å²) < 4.78 is 0. The van der Waals surface area contributed by atoms with Gasteiger partial charge in [-0.05, 0) is 25.2 Å². The minimum absolute atomic E-state index is 0.309. The normalized spacial score (nSPS) is 13.7. The molecule has 0 saturated carbocycles. The zero-order chi connectivity index (χ0) is 7.11. The molecule has 56 valence electrons. The summed E-state index contributed by atoms with van der Waals surface area (Å²) in [6, 6.07) is 0. The number of halogens is 1. The summed E-state index contributed by atoms with van der Waals surface area (Å²) in [6.07, 6.45) is 3.13. The summed E-state index contributed by atoms with van der Waals surface area (Å²) in [5.74, 6) is 1.38. The Bertz CT molecular complexity index is 56.9. The van der Waals surface area contributed by atoms with Gasteiger partial charge >= 0.3 is 0 Å². The molecule has 0 radical (unpaired) electrons. The van der Waals surface area contributed by atoms with Crippen LogP contribution in [0.4, 0.5) is 0 Å². The van der Waals surface area contributed by atoms with Crippen molar-refractivity contribution in [2.24, 2.45) is 5.92 Å². The van der Waals surface area contributed by atoms with Crippen LogP contribution in [0.15, 0.2) is 0 Å². The predicted octanol–water partition coefficient (Wildman–Crippen LogP) is 2.02. The molecule has 0 aromatic heterocycles. The molecule has 1 atom stereocenters. The van der Waals surface area contributed by atoms with Gasteiger partial charge in [-0.2, -0.15) is 0 Å².